The van der Waals surface area contributed by atoms with Crippen molar-refractivity contribution in [1.29, 1.82) is 0 Å². The molecule has 0 spiro atoms. The lowest BCUT2D eigenvalue weighted by atomic mass is 10.2. The molecule has 1 amide bonds. The van der Waals surface area contributed by atoms with Gasteiger partial charge in [-0.1, -0.05) is 23.7 Å². The molecule has 28 heavy (non-hydrogen) atoms. The molecule has 3 aromatic carbocycles. The van der Waals surface area contributed by atoms with Gasteiger partial charge in [-0.3, -0.25) is 4.79 Å². The number of aromatic nitrogens is 1. The monoisotopic (exact) mass is 392 g/mol. The van der Waals surface area contributed by atoms with Gasteiger partial charge in [-0.15, -0.1) is 0 Å². The molecule has 4 rings (SSSR count). The number of carbonyl (C=O) groups excluding carboxylic acids is 1. The van der Waals surface area contributed by atoms with E-state index in [1.54, 1.807) is 42.5 Å². The van der Waals surface area contributed by atoms with E-state index in [0.717, 1.165) is 11.3 Å². The number of ether oxygens (including phenoxy) is 1. The number of fused-ring (bicyclic) bond motifs is 1. The zero-order valence-electron chi connectivity index (χ0n) is 15.1. The van der Waals surface area contributed by atoms with Crippen LogP contribution in [0.15, 0.2) is 71.1 Å². The summed E-state index contributed by atoms with van der Waals surface area (Å²) in [5, 5.41) is 3.24. The third kappa shape index (κ3) is 3.70. The van der Waals surface area contributed by atoms with Crippen molar-refractivity contribution < 1.29 is 13.9 Å². The first-order chi connectivity index (χ1) is 13.6. The fraction of sp³-hybridized carbons (Fsp3) is 0.0909. The zero-order chi connectivity index (χ0) is 19.5. The maximum absolute atomic E-state index is 12.4. The lowest BCUT2D eigenvalue weighted by Gasteiger charge is -2.06. The maximum atomic E-state index is 12.4. The largest absolute Gasteiger partial charge is 0.494 e. The van der Waals surface area contributed by atoms with Gasteiger partial charge in [-0.25, -0.2) is 4.98 Å². The Morgan fingerprint density at radius 3 is 2.64 bits per heavy atom. The second kappa shape index (κ2) is 7.74. The van der Waals surface area contributed by atoms with Gasteiger partial charge >= 0.3 is 0 Å². The second-order valence-corrected chi connectivity index (χ2v) is 6.50. The molecule has 1 aromatic heterocycles. The molecule has 0 aliphatic rings. The fourth-order valence-corrected chi connectivity index (χ4v) is 3.05. The SMILES string of the molecule is CCOc1ccc(-c2nc3cc(NC(=O)c4ccccc4Cl)ccc3o2)cc1. The summed E-state index contributed by atoms with van der Waals surface area (Å²) >= 11 is 6.09. The number of hydrogen-bond acceptors (Lipinski definition) is 4. The van der Waals surface area contributed by atoms with Gasteiger partial charge in [-0.05, 0) is 61.5 Å². The van der Waals surface area contributed by atoms with Crippen LogP contribution < -0.4 is 10.1 Å². The Balaban J connectivity index is 1.58. The van der Waals surface area contributed by atoms with Crippen molar-refractivity contribution in [1.82, 2.24) is 4.98 Å². The first kappa shape index (κ1) is 18.1. The minimum atomic E-state index is -0.278. The Labute approximate surface area is 166 Å². The summed E-state index contributed by atoms with van der Waals surface area (Å²) in [5.74, 6) is 1.03. The van der Waals surface area contributed by atoms with E-state index in [0.29, 0.717) is 39.9 Å². The molecule has 0 bridgehead atoms. The molecular formula is C22H17ClN2O3. The van der Waals surface area contributed by atoms with Gasteiger partial charge < -0.3 is 14.5 Å². The van der Waals surface area contributed by atoms with E-state index >= 15 is 0 Å². The van der Waals surface area contributed by atoms with E-state index < -0.39 is 0 Å². The Kier molecular flexibility index (Phi) is 5.00. The molecule has 0 aliphatic heterocycles. The molecule has 0 fully saturated rings. The minimum Gasteiger partial charge on any atom is -0.494 e. The molecule has 0 saturated heterocycles. The third-order valence-electron chi connectivity index (χ3n) is 4.18. The Morgan fingerprint density at radius 1 is 1.11 bits per heavy atom. The lowest BCUT2D eigenvalue weighted by Crippen LogP contribution is -2.12. The molecule has 0 saturated carbocycles. The van der Waals surface area contributed by atoms with Crippen molar-refractivity contribution in [2.75, 3.05) is 11.9 Å². The van der Waals surface area contributed by atoms with Crippen molar-refractivity contribution in [3.05, 3.63) is 77.3 Å². The average molecular weight is 393 g/mol. The highest BCUT2D eigenvalue weighted by atomic mass is 35.5. The molecule has 4 aromatic rings. The van der Waals surface area contributed by atoms with Crippen LogP contribution in [0, 0.1) is 0 Å². The number of nitrogens with one attached hydrogen (secondary N) is 1. The number of halogens is 1. The molecule has 5 nitrogen and oxygen atoms in total. The average Bonchev–Trinajstić information content (AvgIpc) is 3.12. The number of hydrogen-bond donors (Lipinski definition) is 1. The highest BCUT2D eigenvalue weighted by molar-refractivity contribution is 6.34. The highest BCUT2D eigenvalue weighted by Gasteiger charge is 2.12. The molecule has 140 valence electrons. The van der Waals surface area contributed by atoms with Crippen LogP contribution in [-0.2, 0) is 0 Å². The second-order valence-electron chi connectivity index (χ2n) is 6.09. The molecule has 0 unspecified atom stereocenters. The summed E-state index contributed by atoms with van der Waals surface area (Å²) < 4.78 is 11.3. The van der Waals surface area contributed by atoms with Crippen LogP contribution in [0.2, 0.25) is 5.02 Å². The summed E-state index contributed by atoms with van der Waals surface area (Å²) in [6, 6.07) is 19.8. The van der Waals surface area contributed by atoms with Crippen LogP contribution in [0.1, 0.15) is 17.3 Å². The van der Waals surface area contributed by atoms with Gasteiger partial charge in [0.25, 0.3) is 5.91 Å². The van der Waals surface area contributed by atoms with E-state index in [-0.39, 0.29) is 5.91 Å². The lowest BCUT2D eigenvalue weighted by molar-refractivity contribution is 0.102. The Hall–Kier alpha value is -3.31. The summed E-state index contributed by atoms with van der Waals surface area (Å²) in [5.41, 5.74) is 3.17. The number of anilines is 1. The normalized spacial score (nSPS) is 10.8. The van der Waals surface area contributed by atoms with Gasteiger partial charge in [0.05, 0.1) is 17.2 Å². The van der Waals surface area contributed by atoms with Crippen LogP contribution >= 0.6 is 11.6 Å². The molecule has 1 heterocycles. The first-order valence-corrected chi connectivity index (χ1v) is 9.21. The quantitative estimate of drug-likeness (QED) is 0.466. The third-order valence-corrected chi connectivity index (χ3v) is 4.51. The van der Waals surface area contributed by atoms with Crippen molar-refractivity contribution in [2.24, 2.45) is 0 Å². The van der Waals surface area contributed by atoms with Crippen LogP contribution in [-0.4, -0.2) is 17.5 Å². The van der Waals surface area contributed by atoms with Crippen molar-refractivity contribution >= 4 is 34.3 Å². The first-order valence-electron chi connectivity index (χ1n) is 8.84. The number of carbonyl (C=O) groups is 1. The zero-order valence-corrected chi connectivity index (χ0v) is 15.9. The van der Waals surface area contributed by atoms with Crippen molar-refractivity contribution in [2.45, 2.75) is 6.92 Å². The van der Waals surface area contributed by atoms with Gasteiger partial charge in [-0.2, -0.15) is 0 Å². The van der Waals surface area contributed by atoms with Gasteiger partial charge in [0.1, 0.15) is 11.3 Å². The molecule has 0 aliphatic carbocycles. The smallest absolute Gasteiger partial charge is 0.257 e. The number of oxazole rings is 1. The number of amides is 1. The fourth-order valence-electron chi connectivity index (χ4n) is 2.83. The highest BCUT2D eigenvalue weighted by Crippen LogP contribution is 2.28. The molecular weight excluding hydrogens is 376 g/mol. The molecule has 1 N–H and O–H groups in total. The van der Waals surface area contributed by atoms with Crippen LogP contribution in [0.25, 0.3) is 22.6 Å². The van der Waals surface area contributed by atoms with Crippen LogP contribution in [0.5, 0.6) is 5.75 Å². The van der Waals surface area contributed by atoms with Crippen LogP contribution in [0.4, 0.5) is 5.69 Å². The summed E-state index contributed by atoms with van der Waals surface area (Å²) in [7, 11) is 0. The van der Waals surface area contributed by atoms with E-state index in [1.165, 1.54) is 0 Å². The molecule has 0 radical (unpaired) electrons. The van der Waals surface area contributed by atoms with E-state index in [1.807, 2.05) is 31.2 Å². The minimum absolute atomic E-state index is 0.278. The van der Waals surface area contributed by atoms with Crippen LogP contribution in [0.3, 0.4) is 0 Å². The number of rotatable bonds is 5. The number of nitrogens with zero attached hydrogens (tertiary/aromatic N) is 1. The topological polar surface area (TPSA) is 64.4 Å². The maximum Gasteiger partial charge on any atom is 0.257 e. The molecule has 6 heteroatoms. The van der Waals surface area contributed by atoms with E-state index in [9.17, 15) is 4.79 Å². The van der Waals surface area contributed by atoms with Gasteiger partial charge in [0.2, 0.25) is 5.89 Å². The van der Waals surface area contributed by atoms with Gasteiger partial charge in [0, 0.05) is 11.3 Å². The summed E-state index contributed by atoms with van der Waals surface area (Å²) in [4.78, 5) is 17.0. The predicted octanol–water partition coefficient (Wildman–Crippen LogP) is 5.80. The van der Waals surface area contributed by atoms with Crippen molar-refractivity contribution in [3.8, 4) is 17.2 Å². The molecule has 0 atom stereocenters. The predicted molar refractivity (Wildman–Crippen MR) is 110 cm³/mol. The van der Waals surface area contributed by atoms with Crippen molar-refractivity contribution in [3.63, 3.8) is 0 Å². The Bertz CT molecular complexity index is 1140. The standard InChI is InChI=1S/C22H17ClN2O3/c1-2-27-16-10-7-14(8-11-16)22-25-19-13-15(9-12-20(19)28-22)24-21(26)17-5-3-4-6-18(17)23/h3-13H,2H2,1H3,(H,24,26). The number of benzene rings is 3. The van der Waals surface area contributed by atoms with E-state index in [2.05, 4.69) is 10.3 Å². The summed E-state index contributed by atoms with van der Waals surface area (Å²) in [6.45, 7) is 2.56. The van der Waals surface area contributed by atoms with E-state index in [4.69, 9.17) is 20.8 Å². The van der Waals surface area contributed by atoms with Gasteiger partial charge in [0.15, 0.2) is 5.58 Å². The Morgan fingerprint density at radius 2 is 1.89 bits per heavy atom. The summed E-state index contributed by atoms with van der Waals surface area (Å²) in [6.07, 6.45) is 0.